The molecule has 0 radical (unpaired) electrons. The number of rotatable bonds is 7. The van der Waals surface area contributed by atoms with Crippen molar-refractivity contribution in [1.29, 1.82) is 0 Å². The molecule has 6 nitrogen and oxygen atoms in total. The lowest BCUT2D eigenvalue weighted by Crippen LogP contribution is -2.45. The summed E-state index contributed by atoms with van der Waals surface area (Å²) < 4.78 is 19.5. The first-order valence-corrected chi connectivity index (χ1v) is 7.95. The summed E-state index contributed by atoms with van der Waals surface area (Å²) in [5.74, 6) is -0.621. The normalized spacial score (nSPS) is 11.9. The van der Waals surface area contributed by atoms with Crippen LogP contribution in [-0.2, 0) is 4.79 Å². The van der Waals surface area contributed by atoms with Crippen molar-refractivity contribution in [2.24, 2.45) is 0 Å². The average Bonchev–Trinajstić information content (AvgIpc) is 2.60. The quantitative estimate of drug-likeness (QED) is 0.249. The van der Waals surface area contributed by atoms with Gasteiger partial charge in [0, 0.05) is 23.8 Å². The van der Waals surface area contributed by atoms with Crippen LogP contribution in [-0.4, -0.2) is 42.6 Å². The molecule has 136 valence electrons. The molecule has 0 N–H and O–H groups in total. The number of carbonyl (C=O) groups is 1. The predicted octanol–water partition coefficient (Wildman–Crippen LogP) is 3.59. The van der Waals surface area contributed by atoms with E-state index in [1.807, 2.05) is 6.07 Å². The molecule has 0 saturated carbocycles. The summed E-state index contributed by atoms with van der Waals surface area (Å²) in [4.78, 5) is 22.2. The first kappa shape index (κ1) is 19.3. The molecular weight excluding hydrogens is 339 g/mol. The standard InChI is InChI=1S/C19H20FN2O4/c1-22(2,13-12-18(20)15-6-4-3-5-7-15)14-19(23)26-17-10-8-16(9-11-17)21(24)25/h3-12H,13-14H2,1-2H3/q+1/b18-12-. The van der Waals surface area contributed by atoms with Gasteiger partial charge in [0.25, 0.3) is 5.69 Å². The van der Waals surface area contributed by atoms with Gasteiger partial charge in [-0.3, -0.25) is 10.1 Å². The van der Waals surface area contributed by atoms with Gasteiger partial charge < -0.3 is 9.22 Å². The highest BCUT2D eigenvalue weighted by Crippen LogP contribution is 2.18. The molecule has 0 aliphatic rings. The summed E-state index contributed by atoms with van der Waals surface area (Å²) >= 11 is 0. The van der Waals surface area contributed by atoms with E-state index in [0.29, 0.717) is 12.1 Å². The molecule has 26 heavy (non-hydrogen) atoms. The molecule has 0 heterocycles. The number of hydrogen-bond acceptors (Lipinski definition) is 4. The maximum Gasteiger partial charge on any atom is 0.367 e. The van der Waals surface area contributed by atoms with Crippen LogP contribution in [0.25, 0.3) is 5.83 Å². The van der Waals surface area contributed by atoms with Gasteiger partial charge in [-0.05, 0) is 12.1 Å². The molecule has 7 heteroatoms. The van der Waals surface area contributed by atoms with Crippen LogP contribution in [0.5, 0.6) is 5.75 Å². The number of nitro groups is 1. The van der Waals surface area contributed by atoms with Gasteiger partial charge in [-0.25, -0.2) is 9.18 Å². The third-order valence-corrected chi connectivity index (χ3v) is 3.65. The van der Waals surface area contributed by atoms with Crippen LogP contribution in [0.1, 0.15) is 5.56 Å². The maximum absolute atomic E-state index is 14.1. The van der Waals surface area contributed by atoms with E-state index in [9.17, 15) is 19.3 Å². The molecule has 0 aliphatic heterocycles. The van der Waals surface area contributed by atoms with Gasteiger partial charge >= 0.3 is 5.97 Å². The number of nitrogens with zero attached hydrogens (tertiary/aromatic N) is 2. The molecule has 2 aromatic carbocycles. The molecule has 0 saturated heterocycles. The number of carbonyl (C=O) groups excluding carboxylic acids is 1. The number of halogens is 1. The van der Waals surface area contributed by atoms with Crippen LogP contribution in [0, 0.1) is 10.1 Å². The Morgan fingerprint density at radius 1 is 1.15 bits per heavy atom. The zero-order valence-electron chi connectivity index (χ0n) is 14.6. The minimum Gasteiger partial charge on any atom is -0.422 e. The molecule has 0 atom stereocenters. The van der Waals surface area contributed by atoms with E-state index < -0.39 is 10.9 Å². The molecule has 0 unspecified atom stereocenters. The van der Waals surface area contributed by atoms with Crippen LogP contribution < -0.4 is 4.74 Å². The van der Waals surface area contributed by atoms with E-state index in [1.165, 1.54) is 30.3 Å². The van der Waals surface area contributed by atoms with E-state index in [2.05, 4.69) is 0 Å². The maximum atomic E-state index is 14.1. The molecule has 0 amide bonds. The lowest BCUT2D eigenvalue weighted by atomic mass is 10.2. The van der Waals surface area contributed by atoms with Crippen LogP contribution in [0.3, 0.4) is 0 Å². The van der Waals surface area contributed by atoms with E-state index in [4.69, 9.17) is 4.74 Å². The van der Waals surface area contributed by atoms with Crippen LogP contribution in [0.15, 0.2) is 60.7 Å². The molecule has 0 aliphatic carbocycles. The summed E-state index contributed by atoms with van der Waals surface area (Å²) in [6.07, 6.45) is 1.44. The van der Waals surface area contributed by atoms with Gasteiger partial charge in [-0.1, -0.05) is 30.3 Å². The summed E-state index contributed by atoms with van der Waals surface area (Å²) in [5, 5.41) is 10.6. The Balaban J connectivity index is 1.93. The van der Waals surface area contributed by atoms with Gasteiger partial charge in [0.05, 0.1) is 19.0 Å². The number of ether oxygens (including phenoxy) is 1. The number of nitro benzene ring substituents is 1. The summed E-state index contributed by atoms with van der Waals surface area (Å²) in [6.45, 7) is 0.325. The molecule has 0 fully saturated rings. The number of esters is 1. The Bertz CT molecular complexity index is 802. The second-order valence-corrected chi connectivity index (χ2v) is 6.42. The van der Waals surface area contributed by atoms with Gasteiger partial charge in [0.2, 0.25) is 0 Å². The fourth-order valence-corrected chi connectivity index (χ4v) is 2.26. The van der Waals surface area contributed by atoms with Gasteiger partial charge in [0.15, 0.2) is 6.54 Å². The first-order chi connectivity index (χ1) is 12.3. The second kappa shape index (κ2) is 8.35. The van der Waals surface area contributed by atoms with Crippen molar-refractivity contribution in [2.75, 3.05) is 27.2 Å². The van der Waals surface area contributed by atoms with Gasteiger partial charge in [-0.15, -0.1) is 0 Å². The number of hydrogen-bond donors (Lipinski definition) is 0. The summed E-state index contributed by atoms with van der Waals surface area (Å²) in [5.41, 5.74) is 0.406. The Kier molecular flexibility index (Phi) is 6.19. The minimum atomic E-state index is -0.529. The predicted molar refractivity (Wildman–Crippen MR) is 96.1 cm³/mol. The van der Waals surface area contributed by atoms with Crippen molar-refractivity contribution in [3.63, 3.8) is 0 Å². The largest absolute Gasteiger partial charge is 0.422 e. The zero-order valence-corrected chi connectivity index (χ0v) is 14.6. The van der Waals surface area contributed by atoms with E-state index in [1.54, 1.807) is 38.4 Å². The number of non-ortho nitro benzene ring substituents is 1. The summed E-state index contributed by atoms with van der Waals surface area (Å²) in [7, 11) is 3.57. The highest BCUT2D eigenvalue weighted by molar-refractivity contribution is 5.73. The van der Waals surface area contributed by atoms with Gasteiger partial charge in [0.1, 0.15) is 18.1 Å². The van der Waals surface area contributed by atoms with Crippen LogP contribution in [0.2, 0.25) is 0 Å². The van der Waals surface area contributed by atoms with Crippen molar-refractivity contribution < 1.29 is 23.3 Å². The van der Waals surface area contributed by atoms with Crippen molar-refractivity contribution in [1.82, 2.24) is 0 Å². The Hall–Kier alpha value is -3.06. The molecular formula is C19H20FN2O4+. The Morgan fingerprint density at radius 3 is 2.35 bits per heavy atom. The highest BCUT2D eigenvalue weighted by atomic mass is 19.1. The van der Waals surface area contributed by atoms with Crippen LogP contribution in [0.4, 0.5) is 10.1 Å². The number of likely N-dealkylation sites (N-methyl/N-ethyl adjacent to an activating group) is 1. The van der Waals surface area contributed by atoms with Gasteiger partial charge in [-0.2, -0.15) is 0 Å². The lowest BCUT2D eigenvalue weighted by molar-refractivity contribution is -0.877. The topological polar surface area (TPSA) is 69.4 Å². The molecule has 0 aromatic heterocycles. The van der Waals surface area contributed by atoms with Crippen LogP contribution >= 0.6 is 0 Å². The summed E-state index contributed by atoms with van der Waals surface area (Å²) in [6, 6.07) is 13.9. The van der Waals surface area contributed by atoms with Crippen molar-refractivity contribution >= 4 is 17.5 Å². The SMILES string of the molecule is C[N+](C)(C/C=C(\F)c1ccccc1)CC(=O)Oc1ccc([N+](=O)[O-])cc1. The first-order valence-electron chi connectivity index (χ1n) is 7.95. The molecule has 0 bridgehead atoms. The molecule has 2 rings (SSSR count). The monoisotopic (exact) mass is 359 g/mol. The Labute approximate surface area is 150 Å². The van der Waals surface area contributed by atoms with E-state index in [0.717, 1.165) is 0 Å². The third-order valence-electron chi connectivity index (χ3n) is 3.65. The zero-order chi connectivity index (χ0) is 19.2. The minimum absolute atomic E-state index is 0.0234. The van der Waals surface area contributed by atoms with E-state index in [-0.39, 0.29) is 28.3 Å². The van der Waals surface area contributed by atoms with Crippen molar-refractivity contribution in [3.8, 4) is 5.75 Å². The highest BCUT2D eigenvalue weighted by Gasteiger charge is 2.21. The lowest BCUT2D eigenvalue weighted by Gasteiger charge is -2.27. The molecule has 2 aromatic rings. The van der Waals surface area contributed by atoms with Crippen molar-refractivity contribution in [2.45, 2.75) is 0 Å². The third kappa shape index (κ3) is 5.78. The second-order valence-electron chi connectivity index (χ2n) is 6.42. The van der Waals surface area contributed by atoms with E-state index >= 15 is 0 Å². The smallest absolute Gasteiger partial charge is 0.367 e. The van der Waals surface area contributed by atoms with Crippen molar-refractivity contribution in [3.05, 3.63) is 76.4 Å². The average molecular weight is 359 g/mol. The number of benzene rings is 2. The fourth-order valence-electron chi connectivity index (χ4n) is 2.26. The molecule has 0 spiro atoms. The number of quaternary nitrogens is 1. The Morgan fingerprint density at radius 2 is 1.77 bits per heavy atom. The fraction of sp³-hybridized carbons (Fsp3) is 0.211.